The Morgan fingerprint density at radius 2 is 1.70 bits per heavy atom. The number of thiazole rings is 1. The number of rotatable bonds is 10. The molecule has 2 aromatic carbocycles. The zero-order chi connectivity index (χ0) is 28.1. The van der Waals surface area contributed by atoms with Crippen LogP contribution in [0.4, 0.5) is 5.13 Å². The molecule has 3 unspecified atom stereocenters. The first-order chi connectivity index (χ1) is 19.3. The first kappa shape index (κ1) is 29.2. The summed E-state index contributed by atoms with van der Waals surface area (Å²) in [5.74, 6) is 0.654. The van der Waals surface area contributed by atoms with Crippen LogP contribution < -0.4 is 10.5 Å². The lowest BCUT2D eigenvalue weighted by Crippen LogP contribution is -2.40. The molecule has 0 bridgehead atoms. The van der Waals surface area contributed by atoms with Gasteiger partial charge < -0.3 is 10.6 Å². The number of hydrogen-bond donors (Lipinski definition) is 2. The maximum Gasteiger partial charge on any atom is 0.240 e. The molecule has 1 aromatic heterocycles. The molecule has 5 rings (SSSR count). The second-order valence-corrected chi connectivity index (χ2v) is 14.6. The van der Waals surface area contributed by atoms with Gasteiger partial charge in [0.05, 0.1) is 10.6 Å². The maximum absolute atomic E-state index is 13.2. The van der Waals surface area contributed by atoms with E-state index < -0.39 is 10.0 Å². The van der Waals surface area contributed by atoms with Crippen molar-refractivity contribution in [2.45, 2.75) is 95.0 Å². The predicted octanol–water partition coefficient (Wildman–Crippen LogP) is 6.59. The summed E-state index contributed by atoms with van der Waals surface area (Å²) in [4.78, 5) is 8.94. The molecule has 1 saturated carbocycles. The fourth-order valence-corrected chi connectivity index (χ4v) is 8.70. The highest BCUT2D eigenvalue weighted by Crippen LogP contribution is 2.32. The molecule has 6 nitrogen and oxygen atoms in total. The van der Waals surface area contributed by atoms with E-state index in [0.29, 0.717) is 22.0 Å². The zero-order valence-corrected chi connectivity index (χ0v) is 25.6. The van der Waals surface area contributed by atoms with Crippen LogP contribution in [-0.4, -0.2) is 43.5 Å². The van der Waals surface area contributed by atoms with Crippen LogP contribution in [0.2, 0.25) is 0 Å². The Balaban J connectivity index is 1.13. The third-order valence-electron chi connectivity index (χ3n) is 8.74. The van der Waals surface area contributed by atoms with Crippen LogP contribution >= 0.6 is 11.3 Å². The van der Waals surface area contributed by atoms with Crippen molar-refractivity contribution in [3.05, 3.63) is 64.7 Å². The predicted molar refractivity (Wildman–Crippen MR) is 166 cm³/mol. The smallest absolute Gasteiger partial charge is 0.240 e. The standard InChI is InChI=1S/C32H44N4O2S2/c1-3-20-36(28-15-18-30-31(22-28)39-32(33)34-30)21-19-24-5-4-6-27(14-9-24)35-40(37,38)29-16-12-26(13-17-29)25-10-7-23(2)8-11-25/h7-8,10-13,16-17,24,27-28,35H,3-6,9,14-15,18-22H2,1-2H3,(H2,33,34). The van der Waals surface area contributed by atoms with Crippen LogP contribution in [0.3, 0.4) is 0 Å². The number of nitrogen functional groups attached to an aromatic ring is 1. The average molecular weight is 581 g/mol. The van der Waals surface area contributed by atoms with Crippen LogP contribution in [0.1, 0.15) is 74.4 Å². The van der Waals surface area contributed by atoms with Gasteiger partial charge in [0.15, 0.2) is 5.13 Å². The topological polar surface area (TPSA) is 88.3 Å². The van der Waals surface area contributed by atoms with E-state index in [4.69, 9.17) is 5.73 Å². The van der Waals surface area contributed by atoms with Gasteiger partial charge in [0.1, 0.15) is 0 Å². The van der Waals surface area contributed by atoms with Gasteiger partial charge in [-0.1, -0.05) is 61.7 Å². The average Bonchev–Trinajstić information content (AvgIpc) is 3.18. The van der Waals surface area contributed by atoms with E-state index in [9.17, 15) is 8.42 Å². The largest absolute Gasteiger partial charge is 0.375 e. The molecule has 3 atom stereocenters. The Labute approximate surface area is 244 Å². The lowest BCUT2D eigenvalue weighted by atomic mass is 9.93. The van der Waals surface area contributed by atoms with Gasteiger partial charge in [0.25, 0.3) is 0 Å². The molecule has 1 fully saturated rings. The van der Waals surface area contributed by atoms with Crippen LogP contribution in [0.5, 0.6) is 0 Å². The third-order valence-corrected chi connectivity index (χ3v) is 11.2. The zero-order valence-electron chi connectivity index (χ0n) is 23.9. The van der Waals surface area contributed by atoms with Gasteiger partial charge in [-0.3, -0.25) is 0 Å². The minimum atomic E-state index is -3.54. The number of anilines is 1. The van der Waals surface area contributed by atoms with Gasteiger partial charge in [-0.25, -0.2) is 18.1 Å². The summed E-state index contributed by atoms with van der Waals surface area (Å²) in [6.07, 6.45) is 10.8. The van der Waals surface area contributed by atoms with E-state index >= 15 is 0 Å². The molecule has 8 heteroatoms. The lowest BCUT2D eigenvalue weighted by molar-refractivity contribution is 0.165. The molecule has 3 N–H and O–H groups in total. The van der Waals surface area contributed by atoms with Crippen molar-refractivity contribution in [3.8, 4) is 11.1 Å². The monoisotopic (exact) mass is 580 g/mol. The fourth-order valence-electron chi connectivity index (χ4n) is 6.45. The van der Waals surface area contributed by atoms with Gasteiger partial charge in [0.2, 0.25) is 10.0 Å². The van der Waals surface area contributed by atoms with Crippen molar-refractivity contribution in [1.82, 2.24) is 14.6 Å². The van der Waals surface area contributed by atoms with Crippen LogP contribution in [-0.2, 0) is 22.9 Å². The Morgan fingerprint density at radius 1 is 0.975 bits per heavy atom. The number of hydrogen-bond acceptors (Lipinski definition) is 6. The summed E-state index contributed by atoms with van der Waals surface area (Å²) < 4.78 is 29.5. The number of nitrogens with zero attached hydrogens (tertiary/aromatic N) is 2. The number of nitrogens with one attached hydrogen (secondary N) is 1. The summed E-state index contributed by atoms with van der Waals surface area (Å²) >= 11 is 1.67. The molecule has 0 aliphatic heterocycles. The number of nitrogens with two attached hydrogens (primary N) is 1. The molecule has 0 amide bonds. The fraction of sp³-hybridized carbons (Fsp3) is 0.531. The second kappa shape index (κ2) is 13.1. The van der Waals surface area contributed by atoms with Crippen molar-refractivity contribution in [1.29, 1.82) is 0 Å². The summed E-state index contributed by atoms with van der Waals surface area (Å²) in [7, 11) is -3.54. The quantitative estimate of drug-likeness (QED) is 0.264. The molecule has 0 radical (unpaired) electrons. The van der Waals surface area contributed by atoms with E-state index in [1.807, 2.05) is 12.1 Å². The second-order valence-electron chi connectivity index (χ2n) is 11.7. The summed E-state index contributed by atoms with van der Waals surface area (Å²) in [5, 5.41) is 0.704. The van der Waals surface area contributed by atoms with E-state index in [1.54, 1.807) is 23.5 Å². The van der Waals surface area contributed by atoms with Gasteiger partial charge in [-0.05, 0) is 101 Å². The molecule has 2 aliphatic rings. The number of benzene rings is 2. The highest BCUT2D eigenvalue weighted by Gasteiger charge is 2.28. The van der Waals surface area contributed by atoms with Gasteiger partial charge >= 0.3 is 0 Å². The van der Waals surface area contributed by atoms with Gasteiger partial charge in [-0.15, -0.1) is 11.3 Å². The van der Waals surface area contributed by atoms with E-state index in [0.717, 1.165) is 75.6 Å². The first-order valence-electron chi connectivity index (χ1n) is 15.0. The number of aryl methyl sites for hydroxylation is 2. The van der Waals surface area contributed by atoms with Crippen LogP contribution in [0.15, 0.2) is 53.4 Å². The summed E-state index contributed by atoms with van der Waals surface area (Å²) in [6.45, 7) is 6.58. The molecular formula is C32H44N4O2S2. The van der Waals surface area contributed by atoms with Gasteiger partial charge in [0, 0.05) is 17.0 Å². The molecule has 216 valence electrons. The molecular weight excluding hydrogens is 537 g/mol. The molecule has 0 spiro atoms. The SMILES string of the molecule is CCCN(CCC1CCCC(NS(=O)(=O)c2ccc(-c3ccc(C)cc3)cc2)CC1)C1CCc2nc(N)sc2C1. The molecule has 1 heterocycles. The Hall–Kier alpha value is -2.26. The summed E-state index contributed by atoms with van der Waals surface area (Å²) in [5.41, 5.74) is 10.5. The normalized spacial score (nSPS) is 21.7. The van der Waals surface area contributed by atoms with E-state index in [1.165, 1.54) is 29.0 Å². The van der Waals surface area contributed by atoms with Crippen molar-refractivity contribution in [2.75, 3.05) is 18.8 Å². The van der Waals surface area contributed by atoms with Crippen molar-refractivity contribution < 1.29 is 8.42 Å². The highest BCUT2D eigenvalue weighted by molar-refractivity contribution is 7.89. The number of fused-ring (bicyclic) bond motifs is 1. The first-order valence-corrected chi connectivity index (χ1v) is 17.3. The Morgan fingerprint density at radius 3 is 2.42 bits per heavy atom. The van der Waals surface area contributed by atoms with E-state index in [2.05, 4.69) is 52.7 Å². The van der Waals surface area contributed by atoms with Crippen LogP contribution in [0.25, 0.3) is 11.1 Å². The third kappa shape index (κ3) is 7.32. The molecule has 40 heavy (non-hydrogen) atoms. The minimum Gasteiger partial charge on any atom is -0.375 e. The van der Waals surface area contributed by atoms with Gasteiger partial charge in [-0.2, -0.15) is 0 Å². The minimum absolute atomic E-state index is 0.00655. The van der Waals surface area contributed by atoms with E-state index in [-0.39, 0.29) is 6.04 Å². The summed E-state index contributed by atoms with van der Waals surface area (Å²) in [6, 6.07) is 16.1. The number of sulfonamides is 1. The Kier molecular flexibility index (Phi) is 9.61. The molecule has 0 saturated heterocycles. The van der Waals surface area contributed by atoms with Crippen molar-refractivity contribution >= 4 is 26.5 Å². The van der Waals surface area contributed by atoms with Crippen molar-refractivity contribution in [3.63, 3.8) is 0 Å². The van der Waals surface area contributed by atoms with Crippen molar-refractivity contribution in [2.24, 2.45) is 5.92 Å². The lowest BCUT2D eigenvalue weighted by Gasteiger charge is -2.34. The molecule has 2 aliphatic carbocycles. The highest BCUT2D eigenvalue weighted by atomic mass is 32.2. The number of aromatic nitrogens is 1. The van der Waals surface area contributed by atoms with Crippen LogP contribution in [0, 0.1) is 12.8 Å². The maximum atomic E-state index is 13.2. The molecule has 3 aromatic rings. The Bertz CT molecular complexity index is 1350.